The Hall–Kier alpha value is -0.950. The van der Waals surface area contributed by atoms with E-state index in [4.69, 9.17) is 23.2 Å². The van der Waals surface area contributed by atoms with Gasteiger partial charge in [-0.05, 0) is 12.8 Å². The van der Waals surface area contributed by atoms with E-state index in [1.54, 1.807) is 0 Å². The molecule has 0 radical (unpaired) electrons. The Bertz CT molecular complexity index is 276. The van der Waals surface area contributed by atoms with Crippen LogP contribution in [0.1, 0.15) is 32.1 Å². The number of nitriles is 1. The minimum absolute atomic E-state index is 0.00917. The molecule has 76 valence electrons. The predicted octanol–water partition coefficient (Wildman–Crippen LogP) is 1.56. The van der Waals surface area contributed by atoms with E-state index in [0.29, 0.717) is 0 Å². The van der Waals surface area contributed by atoms with Crippen LogP contribution in [0.5, 0.6) is 0 Å². The summed E-state index contributed by atoms with van der Waals surface area (Å²) in [7, 11) is 0. The molecule has 0 saturated heterocycles. The Kier molecular flexibility index (Phi) is 4.02. The van der Waals surface area contributed by atoms with Crippen LogP contribution in [0.2, 0.25) is 0 Å². The van der Waals surface area contributed by atoms with Crippen molar-refractivity contribution < 1.29 is 4.79 Å². The predicted molar refractivity (Wildman–Crippen MR) is 57.5 cm³/mol. The minimum Gasteiger partial charge on any atom is -0.392 e. The van der Waals surface area contributed by atoms with Crippen LogP contribution in [0.3, 0.4) is 0 Å². The topological polar surface area (TPSA) is 66.9 Å². The normalized spacial score (nSPS) is 19.6. The number of carbonyl (C=O) groups excluding carboxylic acids is 1. The molecule has 0 aromatic rings. The SMILES string of the molecule is N#C[C@@H](C(=O)C1CCCCC1)C(N)=S. The van der Waals surface area contributed by atoms with Gasteiger partial charge in [-0.3, -0.25) is 4.79 Å². The molecule has 1 fully saturated rings. The fourth-order valence-electron chi connectivity index (χ4n) is 1.89. The highest BCUT2D eigenvalue weighted by molar-refractivity contribution is 7.80. The average molecular weight is 210 g/mol. The molecule has 0 heterocycles. The van der Waals surface area contributed by atoms with Gasteiger partial charge < -0.3 is 5.73 Å². The molecule has 4 heteroatoms. The highest BCUT2D eigenvalue weighted by Gasteiger charge is 2.29. The van der Waals surface area contributed by atoms with E-state index < -0.39 is 5.92 Å². The van der Waals surface area contributed by atoms with E-state index in [1.807, 2.05) is 6.07 Å². The van der Waals surface area contributed by atoms with Gasteiger partial charge in [-0.1, -0.05) is 31.5 Å². The van der Waals surface area contributed by atoms with Crippen molar-refractivity contribution in [2.45, 2.75) is 32.1 Å². The Balaban J connectivity index is 2.62. The summed E-state index contributed by atoms with van der Waals surface area (Å²) in [6.45, 7) is 0. The van der Waals surface area contributed by atoms with Crippen LogP contribution >= 0.6 is 12.2 Å². The Morgan fingerprint density at radius 2 is 2.00 bits per heavy atom. The van der Waals surface area contributed by atoms with Gasteiger partial charge in [0, 0.05) is 5.92 Å². The van der Waals surface area contributed by atoms with Crippen LogP contribution in [-0.2, 0) is 4.79 Å². The molecule has 0 aliphatic heterocycles. The van der Waals surface area contributed by atoms with Crippen molar-refractivity contribution in [2.75, 3.05) is 0 Å². The van der Waals surface area contributed by atoms with E-state index >= 15 is 0 Å². The maximum absolute atomic E-state index is 11.8. The molecule has 14 heavy (non-hydrogen) atoms. The summed E-state index contributed by atoms with van der Waals surface area (Å²) in [5.74, 6) is -0.928. The van der Waals surface area contributed by atoms with Gasteiger partial charge in [0.15, 0.2) is 11.7 Å². The van der Waals surface area contributed by atoms with E-state index in [9.17, 15) is 4.79 Å². The van der Waals surface area contributed by atoms with Crippen LogP contribution in [0.4, 0.5) is 0 Å². The molecular formula is C10H14N2OS. The lowest BCUT2D eigenvalue weighted by Crippen LogP contribution is -2.33. The first kappa shape index (κ1) is 11.1. The molecule has 0 aromatic carbocycles. The van der Waals surface area contributed by atoms with Crippen LogP contribution in [0.15, 0.2) is 0 Å². The average Bonchev–Trinajstić information content (AvgIpc) is 2.19. The van der Waals surface area contributed by atoms with Crippen molar-refractivity contribution in [3.05, 3.63) is 0 Å². The fraction of sp³-hybridized carbons (Fsp3) is 0.700. The van der Waals surface area contributed by atoms with Crippen LogP contribution < -0.4 is 5.73 Å². The Labute approximate surface area is 89.3 Å². The van der Waals surface area contributed by atoms with Gasteiger partial charge >= 0.3 is 0 Å². The van der Waals surface area contributed by atoms with Gasteiger partial charge in [0.25, 0.3) is 0 Å². The third-order valence-electron chi connectivity index (χ3n) is 2.71. The van der Waals surface area contributed by atoms with E-state index in [0.717, 1.165) is 25.7 Å². The zero-order valence-electron chi connectivity index (χ0n) is 8.03. The van der Waals surface area contributed by atoms with Crippen LogP contribution in [0.25, 0.3) is 0 Å². The molecule has 1 aliphatic rings. The summed E-state index contributed by atoms with van der Waals surface area (Å²) >= 11 is 4.70. The zero-order valence-corrected chi connectivity index (χ0v) is 8.85. The Morgan fingerprint density at radius 3 is 2.43 bits per heavy atom. The first-order valence-corrected chi connectivity index (χ1v) is 5.30. The Morgan fingerprint density at radius 1 is 1.43 bits per heavy atom. The molecule has 0 amide bonds. The van der Waals surface area contributed by atoms with Crippen LogP contribution in [0, 0.1) is 23.2 Å². The molecule has 0 spiro atoms. The van der Waals surface area contributed by atoms with Crippen molar-refractivity contribution in [3.63, 3.8) is 0 Å². The monoisotopic (exact) mass is 210 g/mol. The smallest absolute Gasteiger partial charge is 0.159 e. The maximum atomic E-state index is 11.8. The summed E-state index contributed by atoms with van der Waals surface area (Å²) in [5, 5.41) is 8.76. The standard InChI is InChI=1S/C10H14N2OS/c11-6-8(10(12)14)9(13)7-4-2-1-3-5-7/h7-8H,1-5H2,(H2,12,14)/t8-/m0/s1. The third kappa shape index (κ3) is 2.52. The van der Waals surface area contributed by atoms with Gasteiger partial charge in [-0.25, -0.2) is 0 Å². The number of hydrogen-bond acceptors (Lipinski definition) is 3. The summed E-state index contributed by atoms with van der Waals surface area (Å²) in [5.41, 5.74) is 5.34. The highest BCUT2D eigenvalue weighted by Crippen LogP contribution is 2.26. The molecule has 2 N–H and O–H groups in total. The van der Waals surface area contributed by atoms with Crippen molar-refractivity contribution in [1.29, 1.82) is 5.26 Å². The summed E-state index contributed by atoms with van der Waals surface area (Å²) in [6, 6.07) is 1.88. The number of nitrogens with two attached hydrogens (primary N) is 1. The van der Waals surface area contributed by atoms with Gasteiger partial charge in [-0.2, -0.15) is 5.26 Å². The third-order valence-corrected chi connectivity index (χ3v) is 2.94. The molecule has 0 bridgehead atoms. The largest absolute Gasteiger partial charge is 0.392 e. The van der Waals surface area contributed by atoms with Crippen molar-refractivity contribution in [3.8, 4) is 6.07 Å². The maximum Gasteiger partial charge on any atom is 0.159 e. The number of nitrogens with zero attached hydrogens (tertiary/aromatic N) is 1. The second kappa shape index (κ2) is 5.06. The van der Waals surface area contributed by atoms with Crippen molar-refractivity contribution in [1.82, 2.24) is 0 Å². The first-order chi connectivity index (χ1) is 6.66. The number of Topliss-reactive ketones (excluding diaryl/α,β-unsaturated/α-hetero) is 1. The van der Waals surface area contributed by atoms with E-state index in [-0.39, 0.29) is 16.7 Å². The van der Waals surface area contributed by atoms with Gasteiger partial charge in [0.2, 0.25) is 0 Å². The molecule has 0 aromatic heterocycles. The highest BCUT2D eigenvalue weighted by atomic mass is 32.1. The summed E-state index contributed by atoms with van der Waals surface area (Å²) < 4.78 is 0. The number of carbonyl (C=O) groups is 1. The lowest BCUT2D eigenvalue weighted by atomic mass is 9.82. The first-order valence-electron chi connectivity index (χ1n) is 4.89. The molecule has 1 aliphatic carbocycles. The lowest BCUT2D eigenvalue weighted by Gasteiger charge is -2.21. The summed E-state index contributed by atoms with van der Waals surface area (Å²) in [6.07, 6.45) is 5.12. The fourth-order valence-corrected chi connectivity index (χ4v) is 2.06. The van der Waals surface area contributed by atoms with Crippen molar-refractivity contribution >= 4 is 23.0 Å². The second-order valence-electron chi connectivity index (χ2n) is 3.70. The molecule has 1 saturated carbocycles. The van der Waals surface area contributed by atoms with Gasteiger partial charge in [0.1, 0.15) is 0 Å². The minimum atomic E-state index is -0.867. The number of thiocarbonyl (C=S) groups is 1. The van der Waals surface area contributed by atoms with Gasteiger partial charge in [0.05, 0.1) is 11.1 Å². The van der Waals surface area contributed by atoms with Crippen LogP contribution in [-0.4, -0.2) is 10.8 Å². The van der Waals surface area contributed by atoms with E-state index in [1.165, 1.54) is 6.42 Å². The number of ketones is 1. The van der Waals surface area contributed by atoms with Crippen molar-refractivity contribution in [2.24, 2.45) is 17.6 Å². The quantitative estimate of drug-likeness (QED) is 0.718. The molecule has 1 atom stereocenters. The molecular weight excluding hydrogens is 196 g/mol. The second-order valence-corrected chi connectivity index (χ2v) is 4.17. The van der Waals surface area contributed by atoms with Gasteiger partial charge in [-0.15, -0.1) is 0 Å². The lowest BCUT2D eigenvalue weighted by molar-refractivity contribution is -0.124. The number of rotatable bonds is 3. The molecule has 0 unspecified atom stereocenters. The van der Waals surface area contributed by atoms with E-state index in [2.05, 4.69) is 0 Å². The number of hydrogen-bond donors (Lipinski definition) is 1. The summed E-state index contributed by atoms with van der Waals surface area (Å²) in [4.78, 5) is 11.8. The molecule has 1 rings (SSSR count). The molecule has 3 nitrogen and oxygen atoms in total. The zero-order chi connectivity index (χ0) is 10.6.